The van der Waals surface area contributed by atoms with Gasteiger partial charge in [-0.2, -0.15) is 15.3 Å². The average molecular weight is 205 g/mol. The molecule has 0 aliphatic heterocycles. The number of aryl methyl sites for hydroxylation is 1. The van der Waals surface area contributed by atoms with Crippen LogP contribution in [0.2, 0.25) is 0 Å². The molecular formula is C11H15N3O. The van der Waals surface area contributed by atoms with Crippen LogP contribution in [0, 0.1) is 6.92 Å². The molecular weight excluding hydrogens is 190 g/mol. The summed E-state index contributed by atoms with van der Waals surface area (Å²) in [5.74, 6) is 0.787. The summed E-state index contributed by atoms with van der Waals surface area (Å²) in [5.41, 5.74) is 1.87. The van der Waals surface area contributed by atoms with Gasteiger partial charge in [0.05, 0.1) is 12.3 Å². The lowest BCUT2D eigenvalue weighted by atomic mass is 10.2. The highest BCUT2D eigenvalue weighted by molar-refractivity contribution is 5.57. The first-order chi connectivity index (χ1) is 7.22. The van der Waals surface area contributed by atoms with Crippen LogP contribution in [0.1, 0.15) is 12.5 Å². The zero-order valence-corrected chi connectivity index (χ0v) is 9.10. The molecule has 0 bridgehead atoms. The summed E-state index contributed by atoms with van der Waals surface area (Å²) in [6, 6.07) is 5.72. The quantitative estimate of drug-likeness (QED) is 0.547. The molecule has 4 nitrogen and oxygen atoms in total. The predicted octanol–water partition coefficient (Wildman–Crippen LogP) is 2.43. The third-order valence-electron chi connectivity index (χ3n) is 1.97. The molecule has 0 unspecified atom stereocenters. The van der Waals surface area contributed by atoms with Crippen molar-refractivity contribution in [3.63, 3.8) is 0 Å². The van der Waals surface area contributed by atoms with E-state index in [2.05, 4.69) is 23.6 Å². The fourth-order valence-corrected chi connectivity index (χ4v) is 1.26. The molecule has 0 spiro atoms. The Balaban J connectivity index is 3.08. The molecule has 0 aliphatic rings. The summed E-state index contributed by atoms with van der Waals surface area (Å²) in [6.45, 7) is 11.4. The number of hydrogen-bond acceptors (Lipinski definition) is 4. The largest absolute Gasteiger partial charge is 0.494 e. The maximum atomic E-state index is 5.39. The number of anilines is 1. The minimum absolute atomic E-state index is 0.630. The van der Waals surface area contributed by atoms with Gasteiger partial charge in [0, 0.05) is 19.5 Å². The normalized spacial score (nSPS) is 9.47. The molecule has 80 valence electrons. The van der Waals surface area contributed by atoms with Crippen LogP contribution in [0.4, 0.5) is 5.69 Å². The molecule has 0 aromatic heterocycles. The van der Waals surface area contributed by atoms with Crippen LogP contribution in [-0.4, -0.2) is 20.0 Å². The van der Waals surface area contributed by atoms with E-state index in [1.54, 1.807) is 0 Å². The fraction of sp³-hybridized carbons (Fsp3) is 0.273. The second-order valence-corrected chi connectivity index (χ2v) is 2.95. The number of ether oxygens (including phenoxy) is 1. The van der Waals surface area contributed by atoms with Crippen molar-refractivity contribution in [3.8, 4) is 5.75 Å². The number of rotatable bonds is 5. The third kappa shape index (κ3) is 2.56. The van der Waals surface area contributed by atoms with Crippen LogP contribution in [0.25, 0.3) is 0 Å². The monoisotopic (exact) mass is 205 g/mol. The Morgan fingerprint density at radius 1 is 1.33 bits per heavy atom. The van der Waals surface area contributed by atoms with Crippen LogP contribution in [0.3, 0.4) is 0 Å². The summed E-state index contributed by atoms with van der Waals surface area (Å²) in [7, 11) is 0. The highest BCUT2D eigenvalue weighted by atomic mass is 16.5. The smallest absolute Gasteiger partial charge is 0.121 e. The predicted molar refractivity (Wildman–Crippen MR) is 63.9 cm³/mol. The van der Waals surface area contributed by atoms with E-state index >= 15 is 0 Å². The second kappa shape index (κ2) is 5.14. The molecule has 1 rings (SSSR count). The summed E-state index contributed by atoms with van der Waals surface area (Å²) in [5, 5.41) is 8.85. The topological polar surface area (TPSA) is 37.2 Å². The molecule has 1 aromatic rings. The number of nitrogens with zero attached hydrogens (tertiary/aromatic N) is 3. The van der Waals surface area contributed by atoms with E-state index in [1.807, 2.05) is 32.0 Å². The first kappa shape index (κ1) is 11.2. The first-order valence-electron chi connectivity index (χ1n) is 4.69. The van der Waals surface area contributed by atoms with E-state index in [0.29, 0.717) is 6.61 Å². The van der Waals surface area contributed by atoms with Gasteiger partial charge in [-0.3, -0.25) is 0 Å². The van der Waals surface area contributed by atoms with Gasteiger partial charge in [-0.15, -0.1) is 0 Å². The van der Waals surface area contributed by atoms with Gasteiger partial charge in [-0.05, 0) is 25.5 Å². The van der Waals surface area contributed by atoms with Crippen molar-refractivity contribution in [3.05, 3.63) is 23.8 Å². The van der Waals surface area contributed by atoms with Gasteiger partial charge in [-0.25, -0.2) is 0 Å². The van der Waals surface area contributed by atoms with Gasteiger partial charge in [0.1, 0.15) is 5.75 Å². The van der Waals surface area contributed by atoms with Gasteiger partial charge in [0.15, 0.2) is 0 Å². The van der Waals surface area contributed by atoms with Gasteiger partial charge in [-0.1, -0.05) is 6.07 Å². The molecule has 0 saturated carbocycles. The Labute approximate surface area is 89.9 Å². The minimum atomic E-state index is 0.630. The van der Waals surface area contributed by atoms with Gasteiger partial charge in [0.2, 0.25) is 0 Å². The van der Waals surface area contributed by atoms with Crippen LogP contribution >= 0.6 is 0 Å². The lowest BCUT2D eigenvalue weighted by Gasteiger charge is -2.15. The first-order valence-corrected chi connectivity index (χ1v) is 4.69. The van der Waals surface area contributed by atoms with Crippen molar-refractivity contribution >= 4 is 19.1 Å². The van der Waals surface area contributed by atoms with E-state index in [9.17, 15) is 0 Å². The summed E-state index contributed by atoms with van der Waals surface area (Å²) in [4.78, 5) is 0. The molecule has 1 aromatic carbocycles. The third-order valence-corrected chi connectivity index (χ3v) is 1.97. The molecule has 4 heteroatoms. The molecule has 15 heavy (non-hydrogen) atoms. The van der Waals surface area contributed by atoms with Gasteiger partial charge >= 0.3 is 0 Å². The van der Waals surface area contributed by atoms with Crippen molar-refractivity contribution in [2.45, 2.75) is 13.8 Å². The molecule has 0 atom stereocenters. The van der Waals surface area contributed by atoms with E-state index in [0.717, 1.165) is 17.0 Å². The van der Waals surface area contributed by atoms with Gasteiger partial charge in [0.25, 0.3) is 0 Å². The summed E-state index contributed by atoms with van der Waals surface area (Å²) in [6.07, 6.45) is 0. The number of benzene rings is 1. The van der Waals surface area contributed by atoms with Gasteiger partial charge < -0.3 is 4.74 Å². The second-order valence-electron chi connectivity index (χ2n) is 2.95. The fourth-order valence-electron chi connectivity index (χ4n) is 1.26. The zero-order valence-electron chi connectivity index (χ0n) is 9.10. The highest BCUT2D eigenvalue weighted by Gasteiger charge is 2.06. The SMILES string of the molecule is C=NN(N=C)c1cc(OCC)ccc1C. The number of hydrazone groups is 2. The number of hydrogen-bond donors (Lipinski definition) is 0. The minimum Gasteiger partial charge on any atom is -0.494 e. The standard InChI is InChI=1S/C11H15N3O/c1-5-15-10-7-6-9(2)11(8-10)14(12-3)13-4/h6-8H,3-5H2,1-2H3. The maximum absolute atomic E-state index is 5.39. The van der Waals surface area contributed by atoms with Crippen molar-refractivity contribution in [2.24, 2.45) is 10.2 Å². The Kier molecular flexibility index (Phi) is 3.85. The Morgan fingerprint density at radius 3 is 2.53 bits per heavy atom. The van der Waals surface area contributed by atoms with E-state index in [1.165, 1.54) is 5.12 Å². The molecule has 0 aliphatic carbocycles. The molecule has 0 N–H and O–H groups in total. The molecule has 0 heterocycles. The average Bonchev–Trinajstić information content (AvgIpc) is 2.24. The van der Waals surface area contributed by atoms with E-state index in [4.69, 9.17) is 4.74 Å². The Morgan fingerprint density at radius 2 is 2.00 bits per heavy atom. The maximum Gasteiger partial charge on any atom is 0.121 e. The van der Waals surface area contributed by atoms with Crippen molar-refractivity contribution < 1.29 is 4.74 Å². The summed E-state index contributed by atoms with van der Waals surface area (Å²) >= 11 is 0. The van der Waals surface area contributed by atoms with Crippen LogP contribution in [0.15, 0.2) is 28.4 Å². The van der Waals surface area contributed by atoms with E-state index < -0.39 is 0 Å². The van der Waals surface area contributed by atoms with E-state index in [-0.39, 0.29) is 0 Å². The summed E-state index contributed by atoms with van der Waals surface area (Å²) < 4.78 is 5.39. The molecule has 0 amide bonds. The molecule has 0 saturated heterocycles. The lowest BCUT2D eigenvalue weighted by molar-refractivity contribution is 0.340. The lowest BCUT2D eigenvalue weighted by Crippen LogP contribution is -2.07. The van der Waals surface area contributed by atoms with Crippen LogP contribution < -0.4 is 9.85 Å². The van der Waals surface area contributed by atoms with Crippen LogP contribution in [0.5, 0.6) is 5.75 Å². The zero-order chi connectivity index (χ0) is 11.3. The van der Waals surface area contributed by atoms with Crippen molar-refractivity contribution in [1.29, 1.82) is 0 Å². The highest BCUT2D eigenvalue weighted by Crippen LogP contribution is 2.25. The van der Waals surface area contributed by atoms with Crippen molar-refractivity contribution in [1.82, 2.24) is 0 Å². The van der Waals surface area contributed by atoms with Crippen molar-refractivity contribution in [2.75, 3.05) is 11.7 Å². The Hall–Kier alpha value is -1.84. The Bertz CT molecular complexity index is 355. The van der Waals surface area contributed by atoms with Crippen LogP contribution in [-0.2, 0) is 0 Å². The molecule has 0 radical (unpaired) electrons. The molecule has 0 fully saturated rings.